The van der Waals surface area contributed by atoms with E-state index in [9.17, 15) is 13.2 Å². The van der Waals surface area contributed by atoms with E-state index >= 15 is 0 Å². The molecule has 10 heteroatoms. The molecular weight excluding hydrogens is 405 g/mol. The second kappa shape index (κ2) is 8.55. The summed E-state index contributed by atoms with van der Waals surface area (Å²) in [6, 6.07) is 0. The van der Waals surface area contributed by atoms with E-state index in [-0.39, 0.29) is 16.8 Å². The lowest BCUT2D eigenvalue weighted by molar-refractivity contribution is -0.130. The number of carbonyl (C=O) groups is 1. The van der Waals surface area contributed by atoms with E-state index in [0.29, 0.717) is 24.3 Å². The van der Waals surface area contributed by atoms with Gasteiger partial charge in [0.05, 0.1) is 17.0 Å². The van der Waals surface area contributed by atoms with Gasteiger partial charge >= 0.3 is 7.12 Å². The number of hydrogen-bond acceptors (Lipinski definition) is 7. The summed E-state index contributed by atoms with van der Waals surface area (Å²) >= 11 is 0. The summed E-state index contributed by atoms with van der Waals surface area (Å²) in [6.07, 6.45) is 6.24. The Morgan fingerprint density at radius 3 is 2.37 bits per heavy atom. The van der Waals surface area contributed by atoms with Gasteiger partial charge in [-0.05, 0) is 59.3 Å². The first kappa shape index (κ1) is 23.2. The number of amides is 1. The maximum atomic E-state index is 12.6. The fourth-order valence-electron chi connectivity index (χ4n) is 3.83. The number of rotatable bonds is 6. The van der Waals surface area contributed by atoms with Gasteiger partial charge in [-0.3, -0.25) is 4.79 Å². The predicted octanol–water partition coefficient (Wildman–Crippen LogP) is 1.59. The summed E-state index contributed by atoms with van der Waals surface area (Å²) in [5, 5.41) is -0.170. The minimum Gasteiger partial charge on any atom is -0.399 e. The predicted molar refractivity (Wildman–Crippen MR) is 114 cm³/mol. The molecule has 1 atom stereocenters. The van der Waals surface area contributed by atoms with Crippen LogP contribution < -0.4 is 5.46 Å². The monoisotopic (exact) mass is 437 g/mol. The van der Waals surface area contributed by atoms with Crippen molar-refractivity contribution in [3.05, 3.63) is 12.4 Å². The van der Waals surface area contributed by atoms with Crippen LogP contribution in [0.1, 0.15) is 60.3 Å². The van der Waals surface area contributed by atoms with Crippen molar-refractivity contribution in [2.75, 3.05) is 18.8 Å². The van der Waals surface area contributed by atoms with Crippen LogP contribution >= 0.6 is 0 Å². The molecule has 166 valence electrons. The molecule has 1 aromatic heterocycles. The van der Waals surface area contributed by atoms with Crippen molar-refractivity contribution in [1.29, 1.82) is 0 Å². The Morgan fingerprint density at radius 1 is 1.20 bits per heavy atom. The first-order chi connectivity index (χ1) is 13.9. The van der Waals surface area contributed by atoms with Crippen molar-refractivity contribution in [3.63, 3.8) is 0 Å². The third-order valence-electron chi connectivity index (χ3n) is 6.44. The zero-order valence-corrected chi connectivity index (χ0v) is 19.4. The van der Waals surface area contributed by atoms with Gasteiger partial charge in [0, 0.05) is 37.9 Å². The van der Waals surface area contributed by atoms with Gasteiger partial charge in [-0.2, -0.15) is 0 Å². The first-order valence-corrected chi connectivity index (χ1v) is 12.2. The van der Waals surface area contributed by atoms with Crippen molar-refractivity contribution in [3.8, 4) is 0 Å². The van der Waals surface area contributed by atoms with E-state index in [1.165, 1.54) is 12.4 Å². The number of sulfone groups is 1. The minimum atomic E-state index is -3.56. The lowest BCUT2D eigenvalue weighted by atomic mass is 9.81. The number of carbonyl (C=O) groups excluding carboxylic acids is 1. The summed E-state index contributed by atoms with van der Waals surface area (Å²) in [5.74, 6) is 0.437. The molecule has 1 amide bonds. The quantitative estimate of drug-likeness (QED) is 0.492. The van der Waals surface area contributed by atoms with Crippen molar-refractivity contribution < 1.29 is 22.5 Å². The number of nitrogens with zero attached hydrogens (tertiary/aromatic N) is 3. The molecule has 3 heterocycles. The van der Waals surface area contributed by atoms with Crippen LogP contribution in [0.15, 0.2) is 17.6 Å². The molecule has 2 aliphatic heterocycles. The SMILES string of the molecule is CC(=O)N1CCC[C@@H](CCCS(=O)(=O)c2ncc(B3OC(C)(C)C(C)(C)O3)cn2)C1. The molecule has 30 heavy (non-hydrogen) atoms. The molecule has 0 aliphatic carbocycles. The topological polar surface area (TPSA) is 98.7 Å². The number of aromatic nitrogens is 2. The van der Waals surface area contributed by atoms with Crippen LogP contribution in [0, 0.1) is 5.92 Å². The standard InChI is InChI=1S/C20H32BN3O5S/c1-15(25)24-10-6-8-16(14-24)9-7-11-30(26,27)18-22-12-17(13-23-18)21-28-19(2,3)20(4,5)29-21/h12-13,16H,6-11,14H2,1-5H3/t16-/m0/s1. The number of hydrogen-bond donors (Lipinski definition) is 0. The summed E-state index contributed by atoms with van der Waals surface area (Å²) in [5.41, 5.74) is -0.377. The van der Waals surface area contributed by atoms with Crippen molar-refractivity contribution in [2.45, 2.75) is 76.7 Å². The summed E-state index contributed by atoms with van der Waals surface area (Å²) in [6.45, 7) is 10.9. The molecule has 0 saturated carbocycles. The highest BCUT2D eigenvalue weighted by atomic mass is 32.2. The fraction of sp³-hybridized carbons (Fsp3) is 0.750. The van der Waals surface area contributed by atoms with Gasteiger partial charge < -0.3 is 14.2 Å². The molecule has 2 fully saturated rings. The molecule has 2 aliphatic rings. The van der Waals surface area contributed by atoms with Gasteiger partial charge in [0.25, 0.3) is 0 Å². The highest BCUT2D eigenvalue weighted by molar-refractivity contribution is 7.91. The normalized spacial score (nSPS) is 23.6. The minimum absolute atomic E-state index is 0.000586. The molecule has 1 aromatic rings. The molecule has 8 nitrogen and oxygen atoms in total. The Balaban J connectivity index is 1.56. The first-order valence-electron chi connectivity index (χ1n) is 10.6. The average Bonchev–Trinajstić information content (AvgIpc) is 2.89. The van der Waals surface area contributed by atoms with E-state index in [2.05, 4.69) is 9.97 Å². The van der Waals surface area contributed by atoms with E-state index in [0.717, 1.165) is 25.8 Å². The zero-order valence-electron chi connectivity index (χ0n) is 18.6. The van der Waals surface area contributed by atoms with E-state index in [4.69, 9.17) is 9.31 Å². The molecule has 2 saturated heterocycles. The Bertz CT molecular complexity index is 857. The van der Waals surface area contributed by atoms with Crippen LogP contribution in [-0.4, -0.2) is 66.4 Å². The van der Waals surface area contributed by atoms with E-state index < -0.39 is 28.2 Å². The van der Waals surface area contributed by atoms with Crippen molar-refractivity contribution >= 4 is 28.3 Å². The Labute approximate surface area is 179 Å². The molecule has 0 spiro atoms. The van der Waals surface area contributed by atoms with Gasteiger partial charge in [-0.25, -0.2) is 18.4 Å². The van der Waals surface area contributed by atoms with Crippen LogP contribution in [0.25, 0.3) is 0 Å². The third kappa shape index (κ3) is 5.03. The van der Waals surface area contributed by atoms with E-state index in [1.807, 2.05) is 32.6 Å². The largest absolute Gasteiger partial charge is 0.498 e. The summed E-state index contributed by atoms with van der Waals surface area (Å²) in [7, 11) is -4.18. The van der Waals surface area contributed by atoms with Crippen LogP contribution in [0.4, 0.5) is 0 Å². The van der Waals surface area contributed by atoms with Gasteiger partial charge in [0.15, 0.2) is 0 Å². The van der Waals surface area contributed by atoms with Crippen molar-refractivity contribution in [1.82, 2.24) is 14.9 Å². The molecule has 0 N–H and O–H groups in total. The van der Waals surface area contributed by atoms with Crippen LogP contribution in [0.5, 0.6) is 0 Å². The van der Waals surface area contributed by atoms with Gasteiger partial charge in [0.2, 0.25) is 20.9 Å². The fourth-order valence-corrected chi connectivity index (χ4v) is 4.98. The highest BCUT2D eigenvalue weighted by Crippen LogP contribution is 2.36. The Hall–Kier alpha value is -1.52. The second-order valence-corrected chi connectivity index (χ2v) is 11.3. The molecule has 0 radical (unpaired) electrons. The number of piperidine rings is 1. The summed E-state index contributed by atoms with van der Waals surface area (Å²) < 4.78 is 37.2. The van der Waals surface area contributed by atoms with Crippen molar-refractivity contribution in [2.24, 2.45) is 5.92 Å². The molecule has 0 aromatic carbocycles. The zero-order chi connectivity index (χ0) is 22.2. The Morgan fingerprint density at radius 2 is 1.80 bits per heavy atom. The van der Waals surface area contributed by atoms with Crippen LogP contribution in [0.3, 0.4) is 0 Å². The van der Waals surface area contributed by atoms with E-state index in [1.54, 1.807) is 6.92 Å². The lowest BCUT2D eigenvalue weighted by Crippen LogP contribution is -2.41. The average molecular weight is 437 g/mol. The Kier molecular flexibility index (Phi) is 6.60. The third-order valence-corrected chi connectivity index (χ3v) is 8.03. The summed E-state index contributed by atoms with van der Waals surface area (Å²) in [4.78, 5) is 21.6. The van der Waals surface area contributed by atoms with Gasteiger partial charge in [-0.15, -0.1) is 0 Å². The molecule has 3 rings (SSSR count). The maximum absolute atomic E-state index is 12.6. The number of likely N-dealkylation sites (tertiary alicyclic amines) is 1. The maximum Gasteiger partial charge on any atom is 0.498 e. The lowest BCUT2D eigenvalue weighted by Gasteiger charge is -2.32. The molecule has 0 unspecified atom stereocenters. The molecule has 0 bridgehead atoms. The highest BCUT2D eigenvalue weighted by Gasteiger charge is 2.52. The smallest absolute Gasteiger partial charge is 0.399 e. The second-order valence-electron chi connectivity index (χ2n) is 9.32. The molecular formula is C20H32BN3O5S. The van der Waals surface area contributed by atoms with Crippen LogP contribution in [-0.2, 0) is 23.9 Å². The van der Waals surface area contributed by atoms with Crippen LogP contribution in [0.2, 0.25) is 0 Å². The van der Waals surface area contributed by atoms with Gasteiger partial charge in [0.1, 0.15) is 0 Å². The van der Waals surface area contributed by atoms with Gasteiger partial charge in [-0.1, -0.05) is 0 Å².